The molecule has 0 saturated carbocycles. The number of para-hydroxylation sites is 1. The van der Waals surface area contributed by atoms with E-state index in [0.29, 0.717) is 6.54 Å². The Labute approximate surface area is 111 Å². The van der Waals surface area contributed by atoms with Crippen LogP contribution in [0.3, 0.4) is 0 Å². The molecule has 6 nitrogen and oxygen atoms in total. The lowest BCUT2D eigenvalue weighted by atomic mass is 10.1. The van der Waals surface area contributed by atoms with E-state index in [2.05, 4.69) is 12.2 Å². The standard InChI is InChI=1S/C13H18N2O4/c1-2-3-4-5-9-14-11-8-6-7-10(13(16)17)12(11)15(18)19/h6-8,14H,2-5,9H2,1H3,(H,16,17). The van der Waals surface area contributed by atoms with Gasteiger partial charge in [0, 0.05) is 6.54 Å². The first kappa shape index (κ1) is 14.9. The predicted molar refractivity (Wildman–Crippen MR) is 72.7 cm³/mol. The average molecular weight is 266 g/mol. The van der Waals surface area contributed by atoms with Crippen LogP contribution in [-0.2, 0) is 0 Å². The first-order valence-electron chi connectivity index (χ1n) is 6.32. The minimum Gasteiger partial charge on any atom is -0.477 e. The fourth-order valence-corrected chi connectivity index (χ4v) is 1.83. The summed E-state index contributed by atoms with van der Waals surface area (Å²) in [6.45, 7) is 2.71. The zero-order valence-electron chi connectivity index (χ0n) is 10.9. The van der Waals surface area contributed by atoms with Gasteiger partial charge < -0.3 is 10.4 Å². The van der Waals surface area contributed by atoms with E-state index in [4.69, 9.17) is 5.11 Å². The van der Waals surface area contributed by atoms with E-state index in [1.54, 1.807) is 0 Å². The van der Waals surface area contributed by atoms with Crippen molar-refractivity contribution < 1.29 is 14.8 Å². The molecular weight excluding hydrogens is 248 g/mol. The third kappa shape index (κ3) is 4.24. The van der Waals surface area contributed by atoms with Gasteiger partial charge in [-0.3, -0.25) is 10.1 Å². The van der Waals surface area contributed by atoms with Crippen LogP contribution < -0.4 is 5.32 Å². The zero-order valence-corrected chi connectivity index (χ0v) is 10.9. The lowest BCUT2D eigenvalue weighted by molar-refractivity contribution is -0.384. The summed E-state index contributed by atoms with van der Waals surface area (Å²) in [6, 6.07) is 4.28. The summed E-state index contributed by atoms with van der Waals surface area (Å²) in [5, 5.41) is 22.9. The first-order chi connectivity index (χ1) is 9.07. The van der Waals surface area contributed by atoms with Gasteiger partial charge >= 0.3 is 11.7 Å². The normalized spacial score (nSPS) is 10.2. The predicted octanol–water partition coefficient (Wildman–Crippen LogP) is 3.29. The monoisotopic (exact) mass is 266 g/mol. The number of aromatic carboxylic acids is 1. The van der Waals surface area contributed by atoms with Gasteiger partial charge in [0.25, 0.3) is 0 Å². The number of nitro groups is 1. The second kappa shape index (κ2) is 7.35. The van der Waals surface area contributed by atoms with Crippen LogP contribution in [0.5, 0.6) is 0 Å². The average Bonchev–Trinajstić information content (AvgIpc) is 2.37. The maximum atomic E-state index is 11.0. The summed E-state index contributed by atoms with van der Waals surface area (Å²) in [5.41, 5.74) is -0.393. The maximum Gasteiger partial charge on any atom is 0.342 e. The number of hydrogen-bond donors (Lipinski definition) is 2. The highest BCUT2D eigenvalue weighted by Gasteiger charge is 2.23. The molecule has 1 aromatic carbocycles. The summed E-state index contributed by atoms with van der Waals surface area (Å²) in [7, 11) is 0. The number of nitrogens with zero attached hydrogens (tertiary/aromatic N) is 1. The molecule has 0 aromatic heterocycles. The Morgan fingerprint density at radius 2 is 2.11 bits per heavy atom. The Bertz CT molecular complexity index is 460. The van der Waals surface area contributed by atoms with Crippen LogP contribution in [-0.4, -0.2) is 22.5 Å². The van der Waals surface area contributed by atoms with Gasteiger partial charge in [0.1, 0.15) is 11.3 Å². The molecule has 2 N–H and O–H groups in total. The molecule has 1 aromatic rings. The van der Waals surface area contributed by atoms with Crippen molar-refractivity contribution >= 4 is 17.3 Å². The van der Waals surface area contributed by atoms with E-state index >= 15 is 0 Å². The zero-order chi connectivity index (χ0) is 14.3. The van der Waals surface area contributed by atoms with E-state index in [0.717, 1.165) is 25.7 Å². The number of nitro benzene ring substituents is 1. The molecule has 1 rings (SSSR count). The van der Waals surface area contributed by atoms with E-state index in [9.17, 15) is 14.9 Å². The summed E-state index contributed by atoms with van der Waals surface area (Å²) in [5.74, 6) is -1.29. The van der Waals surface area contributed by atoms with Crippen LogP contribution in [0.25, 0.3) is 0 Å². The number of carboxylic acids is 1. The number of rotatable bonds is 8. The molecule has 19 heavy (non-hydrogen) atoms. The van der Waals surface area contributed by atoms with Crippen LogP contribution in [0.4, 0.5) is 11.4 Å². The summed E-state index contributed by atoms with van der Waals surface area (Å²) < 4.78 is 0. The number of hydrogen-bond acceptors (Lipinski definition) is 4. The smallest absolute Gasteiger partial charge is 0.342 e. The topological polar surface area (TPSA) is 92.5 Å². The van der Waals surface area contributed by atoms with Gasteiger partial charge in [0.15, 0.2) is 0 Å². The highest BCUT2D eigenvalue weighted by atomic mass is 16.6. The molecule has 0 atom stereocenters. The van der Waals surface area contributed by atoms with Gasteiger partial charge in [-0.2, -0.15) is 0 Å². The van der Waals surface area contributed by atoms with E-state index in [1.807, 2.05) is 0 Å². The fraction of sp³-hybridized carbons (Fsp3) is 0.462. The summed E-state index contributed by atoms with van der Waals surface area (Å²) in [6.07, 6.45) is 4.20. The van der Waals surface area contributed by atoms with Gasteiger partial charge in [-0.05, 0) is 18.6 Å². The summed E-state index contributed by atoms with van der Waals surface area (Å²) in [4.78, 5) is 21.3. The number of carboxylic acid groups (broad SMARTS) is 1. The van der Waals surface area contributed by atoms with E-state index in [-0.39, 0.29) is 16.9 Å². The molecular formula is C13H18N2O4. The SMILES string of the molecule is CCCCCCNc1cccc(C(=O)O)c1[N+](=O)[O-]. The largest absolute Gasteiger partial charge is 0.477 e. The van der Waals surface area contributed by atoms with Gasteiger partial charge in [-0.15, -0.1) is 0 Å². The highest BCUT2D eigenvalue weighted by molar-refractivity contribution is 5.95. The van der Waals surface area contributed by atoms with Gasteiger partial charge in [0.05, 0.1) is 4.92 Å². The van der Waals surface area contributed by atoms with Crippen molar-refractivity contribution in [2.75, 3.05) is 11.9 Å². The minimum absolute atomic E-state index is 0.265. The van der Waals surface area contributed by atoms with Crippen molar-refractivity contribution in [2.24, 2.45) is 0 Å². The number of anilines is 1. The van der Waals surface area contributed by atoms with Crippen molar-refractivity contribution in [3.63, 3.8) is 0 Å². The Balaban J connectivity index is 2.80. The minimum atomic E-state index is -1.29. The highest BCUT2D eigenvalue weighted by Crippen LogP contribution is 2.28. The lowest BCUT2D eigenvalue weighted by Crippen LogP contribution is -2.08. The second-order valence-corrected chi connectivity index (χ2v) is 4.25. The molecule has 0 amide bonds. The van der Waals surface area contributed by atoms with E-state index in [1.165, 1.54) is 18.2 Å². The Hall–Kier alpha value is -2.11. The molecule has 0 aliphatic carbocycles. The fourth-order valence-electron chi connectivity index (χ4n) is 1.83. The maximum absolute atomic E-state index is 11.0. The Morgan fingerprint density at radius 1 is 1.37 bits per heavy atom. The molecule has 0 bridgehead atoms. The number of unbranched alkanes of at least 4 members (excludes halogenated alkanes) is 3. The van der Waals surface area contributed by atoms with Crippen LogP contribution in [0.1, 0.15) is 43.0 Å². The van der Waals surface area contributed by atoms with Crippen LogP contribution in [0, 0.1) is 10.1 Å². The van der Waals surface area contributed by atoms with E-state index < -0.39 is 10.9 Å². The quantitative estimate of drug-likeness (QED) is 0.428. The van der Waals surface area contributed by atoms with Crippen molar-refractivity contribution in [1.29, 1.82) is 0 Å². The molecule has 0 aliphatic heterocycles. The second-order valence-electron chi connectivity index (χ2n) is 4.25. The van der Waals surface area contributed by atoms with Crippen molar-refractivity contribution in [1.82, 2.24) is 0 Å². The number of nitrogens with one attached hydrogen (secondary N) is 1. The number of benzene rings is 1. The first-order valence-corrected chi connectivity index (χ1v) is 6.32. The summed E-state index contributed by atoms with van der Waals surface area (Å²) >= 11 is 0. The molecule has 0 fully saturated rings. The van der Waals surface area contributed by atoms with Crippen molar-refractivity contribution in [3.8, 4) is 0 Å². The molecule has 6 heteroatoms. The molecule has 0 saturated heterocycles. The third-order valence-electron chi connectivity index (χ3n) is 2.79. The van der Waals surface area contributed by atoms with Gasteiger partial charge in [-0.25, -0.2) is 4.79 Å². The lowest BCUT2D eigenvalue weighted by Gasteiger charge is -2.08. The molecule has 0 aliphatic rings. The number of carbonyl (C=O) groups is 1. The Morgan fingerprint density at radius 3 is 2.68 bits per heavy atom. The molecule has 0 unspecified atom stereocenters. The molecule has 0 radical (unpaired) electrons. The van der Waals surface area contributed by atoms with Crippen molar-refractivity contribution in [3.05, 3.63) is 33.9 Å². The molecule has 104 valence electrons. The van der Waals surface area contributed by atoms with Crippen molar-refractivity contribution in [2.45, 2.75) is 32.6 Å². The van der Waals surface area contributed by atoms with Crippen LogP contribution in [0.2, 0.25) is 0 Å². The third-order valence-corrected chi connectivity index (χ3v) is 2.79. The van der Waals surface area contributed by atoms with Crippen LogP contribution >= 0.6 is 0 Å². The van der Waals surface area contributed by atoms with Crippen LogP contribution in [0.15, 0.2) is 18.2 Å². The molecule has 0 spiro atoms. The van der Waals surface area contributed by atoms with Gasteiger partial charge in [0.2, 0.25) is 0 Å². The Kier molecular flexibility index (Phi) is 5.78. The van der Waals surface area contributed by atoms with Gasteiger partial charge in [-0.1, -0.05) is 32.3 Å². The molecule has 0 heterocycles.